The first kappa shape index (κ1) is 14.9. The molecule has 0 unspecified atom stereocenters. The molecule has 7 heteroatoms. The van der Waals surface area contributed by atoms with Crippen LogP contribution in [-0.2, 0) is 14.8 Å². The number of sulfonamides is 1. The van der Waals surface area contributed by atoms with Crippen molar-refractivity contribution in [1.82, 2.24) is 9.62 Å². The fraction of sp³-hybridized carbons (Fsp3) is 0.933. The van der Waals surface area contributed by atoms with Gasteiger partial charge in [-0.25, -0.2) is 17.5 Å². The van der Waals surface area contributed by atoms with Gasteiger partial charge in [-0.2, -0.15) is 0 Å². The van der Waals surface area contributed by atoms with Crippen LogP contribution in [0, 0.1) is 11.3 Å². The molecule has 0 aromatic heterocycles. The lowest BCUT2D eigenvalue weighted by molar-refractivity contribution is -0.140. The van der Waals surface area contributed by atoms with Gasteiger partial charge in [-0.15, -0.1) is 0 Å². The van der Waals surface area contributed by atoms with Crippen LogP contribution < -0.4 is 4.72 Å². The molecule has 0 radical (unpaired) electrons. The molecule has 4 aliphatic rings. The van der Waals surface area contributed by atoms with E-state index in [-0.39, 0.29) is 28.5 Å². The number of carbonyl (C=O) groups is 1. The van der Waals surface area contributed by atoms with Crippen LogP contribution in [0.4, 0.5) is 4.39 Å². The molecule has 1 aliphatic heterocycles. The maximum Gasteiger partial charge on any atom is 0.225 e. The lowest BCUT2D eigenvalue weighted by Gasteiger charge is -2.45. The van der Waals surface area contributed by atoms with Crippen molar-refractivity contribution >= 4 is 15.9 Å². The molecule has 1 N–H and O–H groups in total. The molecule has 1 amide bonds. The van der Waals surface area contributed by atoms with E-state index in [1.54, 1.807) is 0 Å². The topological polar surface area (TPSA) is 66.5 Å². The summed E-state index contributed by atoms with van der Waals surface area (Å²) in [5, 5.41) is -0.169. The number of likely N-dealkylation sites (tertiary alicyclic amines) is 1. The number of hydrogen-bond donors (Lipinski definition) is 1. The first-order valence-corrected chi connectivity index (χ1v) is 9.86. The Balaban J connectivity index is 1.28. The third-order valence-electron chi connectivity index (χ3n) is 5.83. The quantitative estimate of drug-likeness (QED) is 0.842. The monoisotopic (exact) mass is 330 g/mol. The van der Waals surface area contributed by atoms with Crippen LogP contribution >= 0.6 is 0 Å². The van der Waals surface area contributed by atoms with E-state index >= 15 is 0 Å². The highest BCUT2D eigenvalue weighted by molar-refractivity contribution is 7.90. The van der Waals surface area contributed by atoms with E-state index in [0.717, 1.165) is 45.2 Å². The van der Waals surface area contributed by atoms with E-state index in [0.29, 0.717) is 12.8 Å². The first-order valence-electron chi connectivity index (χ1n) is 8.31. The van der Waals surface area contributed by atoms with Crippen molar-refractivity contribution in [3.05, 3.63) is 0 Å². The minimum atomic E-state index is -3.11. The molecule has 4 rings (SSSR count). The van der Waals surface area contributed by atoms with E-state index in [4.69, 9.17) is 0 Å². The minimum Gasteiger partial charge on any atom is -0.342 e. The Hall–Kier alpha value is -0.690. The Kier molecular flexibility index (Phi) is 3.31. The third-order valence-corrected chi connectivity index (χ3v) is 7.84. The van der Waals surface area contributed by atoms with E-state index in [2.05, 4.69) is 4.72 Å². The number of nitrogens with zero attached hydrogens (tertiary/aromatic N) is 1. The molecule has 1 saturated heterocycles. The summed E-state index contributed by atoms with van der Waals surface area (Å²) in [6, 6.07) is 0.0413. The van der Waals surface area contributed by atoms with Crippen LogP contribution in [0.3, 0.4) is 0 Å². The summed E-state index contributed by atoms with van der Waals surface area (Å²) >= 11 is 0. The molecule has 4 fully saturated rings. The first-order chi connectivity index (χ1) is 10.4. The van der Waals surface area contributed by atoms with Crippen molar-refractivity contribution in [2.75, 3.05) is 13.1 Å². The number of halogens is 1. The summed E-state index contributed by atoms with van der Waals surface area (Å²) in [6.07, 6.45) is 4.15. The van der Waals surface area contributed by atoms with E-state index in [1.807, 2.05) is 4.90 Å². The maximum atomic E-state index is 12.9. The number of alkyl halides is 1. The Bertz CT molecular complexity index is 578. The molecular formula is C15H23FN2O3S. The smallest absolute Gasteiger partial charge is 0.225 e. The van der Waals surface area contributed by atoms with Gasteiger partial charge in [-0.3, -0.25) is 4.79 Å². The van der Waals surface area contributed by atoms with Gasteiger partial charge < -0.3 is 4.90 Å². The average molecular weight is 330 g/mol. The summed E-state index contributed by atoms with van der Waals surface area (Å²) in [6.45, 7) is 1.47. The molecule has 1 heterocycles. The highest BCUT2D eigenvalue weighted by Gasteiger charge is 2.52. The van der Waals surface area contributed by atoms with Crippen LogP contribution in [-0.4, -0.2) is 49.8 Å². The predicted molar refractivity (Wildman–Crippen MR) is 79.3 cm³/mol. The zero-order chi connectivity index (χ0) is 15.5. The fourth-order valence-electron chi connectivity index (χ4n) is 4.24. The molecule has 0 aromatic carbocycles. The fourth-order valence-corrected chi connectivity index (χ4v) is 5.82. The van der Waals surface area contributed by atoms with Crippen molar-refractivity contribution in [2.24, 2.45) is 11.3 Å². The van der Waals surface area contributed by atoms with Crippen molar-refractivity contribution in [3.8, 4) is 0 Å². The Morgan fingerprint density at radius 2 is 1.91 bits per heavy atom. The molecule has 5 nitrogen and oxygen atoms in total. The maximum absolute atomic E-state index is 12.9. The van der Waals surface area contributed by atoms with Crippen molar-refractivity contribution in [2.45, 2.75) is 62.4 Å². The van der Waals surface area contributed by atoms with Crippen molar-refractivity contribution < 1.29 is 17.6 Å². The van der Waals surface area contributed by atoms with Crippen LogP contribution in [0.5, 0.6) is 0 Å². The van der Waals surface area contributed by atoms with Crippen molar-refractivity contribution in [1.29, 1.82) is 0 Å². The molecule has 124 valence electrons. The molecule has 22 heavy (non-hydrogen) atoms. The highest BCUT2D eigenvalue weighted by Crippen LogP contribution is 2.49. The molecular weight excluding hydrogens is 307 g/mol. The Labute approximate surface area is 130 Å². The summed E-state index contributed by atoms with van der Waals surface area (Å²) in [5.41, 5.74) is 0.102. The van der Waals surface area contributed by atoms with Gasteiger partial charge in [0, 0.05) is 25.0 Å². The van der Waals surface area contributed by atoms with Gasteiger partial charge in [0.25, 0.3) is 0 Å². The van der Waals surface area contributed by atoms with Gasteiger partial charge in [-0.05, 0) is 50.4 Å². The molecule has 0 bridgehead atoms. The molecule has 1 spiro atoms. The van der Waals surface area contributed by atoms with Gasteiger partial charge in [0.2, 0.25) is 15.9 Å². The van der Waals surface area contributed by atoms with Gasteiger partial charge in [0.1, 0.15) is 6.17 Å². The average Bonchev–Trinajstić information content (AvgIpc) is 3.15. The van der Waals surface area contributed by atoms with Gasteiger partial charge in [-0.1, -0.05) is 0 Å². The second-order valence-corrected chi connectivity index (χ2v) is 9.74. The number of carbonyl (C=O) groups excluding carboxylic acids is 1. The second-order valence-electron chi connectivity index (χ2n) is 7.74. The normalized spacial score (nSPS) is 41.3. The van der Waals surface area contributed by atoms with Gasteiger partial charge in [0.15, 0.2) is 0 Å². The zero-order valence-corrected chi connectivity index (χ0v) is 13.4. The van der Waals surface area contributed by atoms with E-state index in [9.17, 15) is 17.6 Å². The minimum absolute atomic E-state index is 0.0413. The van der Waals surface area contributed by atoms with Gasteiger partial charge in [0.05, 0.1) is 5.25 Å². The van der Waals surface area contributed by atoms with Gasteiger partial charge >= 0.3 is 0 Å². The molecule has 0 aromatic rings. The number of rotatable bonds is 4. The van der Waals surface area contributed by atoms with Crippen LogP contribution in [0.25, 0.3) is 0 Å². The largest absolute Gasteiger partial charge is 0.342 e. The molecule has 3 aliphatic carbocycles. The van der Waals surface area contributed by atoms with Crippen LogP contribution in [0.1, 0.15) is 44.9 Å². The number of amides is 1. The summed E-state index contributed by atoms with van der Waals surface area (Å²) < 4.78 is 39.6. The van der Waals surface area contributed by atoms with Crippen LogP contribution in [0.2, 0.25) is 0 Å². The van der Waals surface area contributed by atoms with Crippen molar-refractivity contribution in [3.63, 3.8) is 0 Å². The lowest BCUT2D eigenvalue weighted by Crippen LogP contribution is -2.53. The standard InChI is InChI=1S/C15H23FN2O3S/c16-11-5-10(6-11)14(19)18-4-3-15(9-18)7-12(8-15)17-22(20,21)13-1-2-13/h10-13,17H,1-9H2. The highest BCUT2D eigenvalue weighted by atomic mass is 32.2. The number of nitrogens with one attached hydrogen (secondary N) is 1. The third kappa shape index (κ3) is 2.56. The van der Waals surface area contributed by atoms with Crippen LogP contribution in [0.15, 0.2) is 0 Å². The molecule has 0 atom stereocenters. The molecule has 3 saturated carbocycles. The van der Waals surface area contributed by atoms with E-state index in [1.165, 1.54) is 0 Å². The zero-order valence-electron chi connectivity index (χ0n) is 12.6. The SMILES string of the molecule is O=C(C1CC(F)C1)N1CCC2(CC(NS(=O)(=O)C3CC3)C2)C1. The number of hydrogen-bond acceptors (Lipinski definition) is 3. The Morgan fingerprint density at radius 3 is 2.50 bits per heavy atom. The summed E-state index contributed by atoms with van der Waals surface area (Å²) in [4.78, 5) is 14.1. The second kappa shape index (κ2) is 4.90. The summed E-state index contributed by atoms with van der Waals surface area (Å²) in [7, 11) is -3.11. The lowest BCUT2D eigenvalue weighted by atomic mass is 9.65. The predicted octanol–water partition coefficient (Wildman–Crippen LogP) is 1.20. The summed E-state index contributed by atoms with van der Waals surface area (Å²) in [5.74, 6) is -0.0119. The Morgan fingerprint density at radius 1 is 1.23 bits per heavy atom. The van der Waals surface area contributed by atoms with E-state index < -0.39 is 16.2 Å².